The van der Waals surface area contributed by atoms with Crippen LogP contribution in [0.4, 0.5) is 0 Å². The molecule has 0 saturated carbocycles. The van der Waals surface area contributed by atoms with Crippen LogP contribution in [0.2, 0.25) is 0 Å². The monoisotopic (exact) mass is 216 g/mol. The molecule has 0 rings (SSSR count). The van der Waals surface area contributed by atoms with Crippen LogP contribution in [-0.4, -0.2) is 17.7 Å². The van der Waals surface area contributed by atoms with Gasteiger partial charge >= 0.3 is 29.6 Å². The summed E-state index contributed by atoms with van der Waals surface area (Å²) in [5, 5.41) is 0. The Morgan fingerprint density at radius 3 is 2.00 bits per heavy atom. The number of hydrogen-bond acceptors (Lipinski definition) is 3. The van der Waals surface area contributed by atoms with Crippen LogP contribution in [0.3, 0.4) is 0 Å². The van der Waals surface area contributed by atoms with Crippen molar-refractivity contribution in [3.05, 3.63) is 0 Å². The Labute approximate surface area is 103 Å². The maximum atomic E-state index is 10.7. The van der Waals surface area contributed by atoms with Crippen molar-refractivity contribution in [2.45, 2.75) is 51.2 Å². The van der Waals surface area contributed by atoms with E-state index in [0.29, 0.717) is 6.42 Å². The molecular formula is C8H17NaO3S. The van der Waals surface area contributed by atoms with E-state index in [2.05, 4.69) is 0 Å². The molecule has 0 aliphatic rings. The Morgan fingerprint density at radius 2 is 1.69 bits per heavy atom. The molecule has 0 radical (unpaired) electrons. The van der Waals surface area contributed by atoms with Crippen molar-refractivity contribution in [1.82, 2.24) is 0 Å². The minimum atomic E-state index is -4.13. The summed E-state index contributed by atoms with van der Waals surface area (Å²) in [6.07, 6.45) is 3.30. The zero-order chi connectivity index (χ0) is 9.83. The minimum absolute atomic E-state index is 0. The van der Waals surface area contributed by atoms with Gasteiger partial charge in [-0.1, -0.05) is 26.2 Å². The van der Waals surface area contributed by atoms with Gasteiger partial charge in [-0.3, -0.25) is 0 Å². The zero-order valence-corrected chi connectivity index (χ0v) is 11.8. The van der Waals surface area contributed by atoms with Crippen LogP contribution >= 0.6 is 0 Å². The molecule has 3 nitrogen and oxygen atoms in total. The molecule has 5 heteroatoms. The van der Waals surface area contributed by atoms with Crippen molar-refractivity contribution < 1.29 is 42.5 Å². The Kier molecular flexibility index (Phi) is 8.05. The molecule has 0 aromatic heterocycles. The molecule has 0 aromatic carbocycles. The molecule has 0 amide bonds. The summed E-state index contributed by atoms with van der Waals surface area (Å²) in [6, 6.07) is 0. The van der Waals surface area contributed by atoms with Crippen molar-refractivity contribution >= 4 is 10.1 Å². The molecule has 13 heavy (non-hydrogen) atoms. The fourth-order valence-electron chi connectivity index (χ4n) is 0.926. The van der Waals surface area contributed by atoms with Crippen LogP contribution in [0.1, 0.15) is 46.5 Å². The van der Waals surface area contributed by atoms with Crippen LogP contribution in [0.25, 0.3) is 0 Å². The summed E-state index contributed by atoms with van der Waals surface area (Å²) in [4.78, 5) is 0. The SMILES string of the molecule is CCCCCC(C)(C)S(=O)(=O)[O-].[Na+]. The first-order valence-electron chi connectivity index (χ1n) is 4.26. The molecule has 0 N–H and O–H groups in total. The van der Waals surface area contributed by atoms with Gasteiger partial charge in [0.15, 0.2) is 0 Å². The predicted octanol–water partition coefficient (Wildman–Crippen LogP) is -1.11. The maximum absolute atomic E-state index is 10.7. The van der Waals surface area contributed by atoms with Crippen LogP contribution in [0.5, 0.6) is 0 Å². The van der Waals surface area contributed by atoms with Gasteiger partial charge in [0, 0.05) is 0 Å². The molecule has 0 fully saturated rings. The van der Waals surface area contributed by atoms with Crippen LogP contribution in [0, 0.1) is 0 Å². The second-order valence-corrected chi connectivity index (χ2v) is 5.68. The van der Waals surface area contributed by atoms with Crippen molar-refractivity contribution in [2.75, 3.05) is 0 Å². The van der Waals surface area contributed by atoms with Gasteiger partial charge in [0.1, 0.15) is 0 Å². The normalized spacial score (nSPS) is 12.3. The van der Waals surface area contributed by atoms with E-state index in [1.807, 2.05) is 6.92 Å². The molecule has 0 spiro atoms. The Bertz CT molecular complexity index is 222. The number of rotatable bonds is 5. The van der Waals surface area contributed by atoms with Gasteiger partial charge in [-0.25, -0.2) is 8.42 Å². The minimum Gasteiger partial charge on any atom is -0.748 e. The van der Waals surface area contributed by atoms with Gasteiger partial charge in [0.05, 0.1) is 14.9 Å². The van der Waals surface area contributed by atoms with E-state index < -0.39 is 14.9 Å². The van der Waals surface area contributed by atoms with Crippen LogP contribution < -0.4 is 29.6 Å². The first-order chi connectivity index (χ1) is 5.31. The van der Waals surface area contributed by atoms with Crippen molar-refractivity contribution in [3.63, 3.8) is 0 Å². The average molecular weight is 216 g/mol. The third-order valence-electron chi connectivity index (χ3n) is 2.06. The summed E-state index contributed by atoms with van der Waals surface area (Å²) < 4.78 is 31.0. The summed E-state index contributed by atoms with van der Waals surface area (Å²) in [5.74, 6) is 0. The van der Waals surface area contributed by atoms with E-state index >= 15 is 0 Å². The Balaban J connectivity index is 0. The third-order valence-corrected chi connectivity index (χ3v) is 3.62. The second-order valence-electron chi connectivity index (χ2n) is 3.67. The average Bonchev–Trinajstić information content (AvgIpc) is 1.85. The molecule has 74 valence electrons. The molecule has 0 atom stereocenters. The largest absolute Gasteiger partial charge is 1.00 e. The quantitative estimate of drug-likeness (QED) is 0.333. The molecule has 0 heterocycles. The van der Waals surface area contributed by atoms with Gasteiger partial charge in [0.2, 0.25) is 0 Å². The van der Waals surface area contributed by atoms with E-state index in [-0.39, 0.29) is 29.6 Å². The van der Waals surface area contributed by atoms with Crippen molar-refractivity contribution in [1.29, 1.82) is 0 Å². The topological polar surface area (TPSA) is 57.2 Å². The van der Waals surface area contributed by atoms with Gasteiger partial charge in [-0.15, -0.1) is 0 Å². The first kappa shape index (κ1) is 16.3. The van der Waals surface area contributed by atoms with E-state index in [0.717, 1.165) is 19.3 Å². The van der Waals surface area contributed by atoms with Crippen molar-refractivity contribution in [3.8, 4) is 0 Å². The van der Waals surface area contributed by atoms with Gasteiger partial charge in [0.25, 0.3) is 0 Å². The Morgan fingerprint density at radius 1 is 1.23 bits per heavy atom. The molecule has 0 aromatic rings. The second kappa shape index (κ2) is 6.40. The summed E-state index contributed by atoms with van der Waals surface area (Å²) in [7, 11) is -4.13. The Hall–Kier alpha value is 0.910. The summed E-state index contributed by atoms with van der Waals surface area (Å²) in [6.45, 7) is 5.02. The van der Waals surface area contributed by atoms with Gasteiger partial charge < -0.3 is 4.55 Å². The zero-order valence-electron chi connectivity index (χ0n) is 8.96. The fourth-order valence-corrected chi connectivity index (χ4v) is 1.32. The summed E-state index contributed by atoms with van der Waals surface area (Å²) >= 11 is 0. The fraction of sp³-hybridized carbons (Fsp3) is 1.00. The molecule has 0 unspecified atom stereocenters. The molecule has 0 bridgehead atoms. The summed E-state index contributed by atoms with van der Waals surface area (Å²) in [5.41, 5.74) is 0. The smallest absolute Gasteiger partial charge is 0.748 e. The number of hydrogen-bond donors (Lipinski definition) is 0. The molecule has 0 aliphatic carbocycles. The maximum Gasteiger partial charge on any atom is 1.00 e. The van der Waals surface area contributed by atoms with Gasteiger partial charge in [-0.2, -0.15) is 0 Å². The van der Waals surface area contributed by atoms with E-state index in [9.17, 15) is 13.0 Å². The van der Waals surface area contributed by atoms with Crippen molar-refractivity contribution in [2.24, 2.45) is 0 Å². The predicted molar refractivity (Wildman–Crippen MR) is 47.9 cm³/mol. The molecule has 0 saturated heterocycles. The standard InChI is InChI=1S/C8H18O3S.Na/c1-4-5-6-7-8(2,3)12(9,10)11;/h4-7H2,1-3H3,(H,9,10,11);/q;+1/p-1. The third kappa shape index (κ3) is 6.07. The van der Waals surface area contributed by atoms with E-state index in [1.165, 1.54) is 13.8 Å². The van der Waals surface area contributed by atoms with E-state index in [4.69, 9.17) is 0 Å². The van der Waals surface area contributed by atoms with Crippen LogP contribution in [-0.2, 0) is 10.1 Å². The van der Waals surface area contributed by atoms with Gasteiger partial charge in [-0.05, 0) is 20.3 Å². The van der Waals surface area contributed by atoms with Crippen LogP contribution in [0.15, 0.2) is 0 Å². The van der Waals surface area contributed by atoms with E-state index in [1.54, 1.807) is 0 Å². The number of unbranched alkanes of at least 4 members (excludes halogenated alkanes) is 2. The molecular weight excluding hydrogens is 199 g/mol. The first-order valence-corrected chi connectivity index (χ1v) is 5.67. The molecule has 0 aliphatic heterocycles.